The van der Waals surface area contributed by atoms with E-state index in [2.05, 4.69) is 43.2 Å². The van der Waals surface area contributed by atoms with Crippen LogP contribution >= 0.6 is 11.3 Å². The standard InChI is InChI=1S/C10H19N3S/c1-5-8(6-2)11-10-13-12-9(14-10)7(3)4/h7-8H,5-6H2,1-4H3,(H,11,13). The lowest BCUT2D eigenvalue weighted by Crippen LogP contribution is -2.16. The van der Waals surface area contributed by atoms with E-state index in [1.165, 1.54) is 0 Å². The molecule has 0 radical (unpaired) electrons. The van der Waals surface area contributed by atoms with E-state index in [9.17, 15) is 0 Å². The van der Waals surface area contributed by atoms with Gasteiger partial charge >= 0.3 is 0 Å². The molecule has 0 unspecified atom stereocenters. The molecule has 1 rings (SSSR count). The molecule has 1 aromatic heterocycles. The van der Waals surface area contributed by atoms with Crippen LogP contribution in [0.1, 0.15) is 51.5 Å². The van der Waals surface area contributed by atoms with Crippen molar-refractivity contribution >= 4 is 16.5 Å². The third-order valence-electron chi connectivity index (χ3n) is 2.25. The number of anilines is 1. The van der Waals surface area contributed by atoms with Crippen molar-refractivity contribution in [2.75, 3.05) is 5.32 Å². The van der Waals surface area contributed by atoms with Crippen molar-refractivity contribution in [2.24, 2.45) is 0 Å². The Morgan fingerprint density at radius 2 is 1.86 bits per heavy atom. The molecule has 0 aliphatic rings. The average Bonchev–Trinajstić information content (AvgIpc) is 2.62. The molecule has 0 aromatic carbocycles. The van der Waals surface area contributed by atoms with Gasteiger partial charge in [-0.15, -0.1) is 10.2 Å². The van der Waals surface area contributed by atoms with Gasteiger partial charge in [0.25, 0.3) is 0 Å². The molecule has 0 fully saturated rings. The maximum atomic E-state index is 4.14. The summed E-state index contributed by atoms with van der Waals surface area (Å²) in [5.41, 5.74) is 0. The Hall–Kier alpha value is -0.640. The quantitative estimate of drug-likeness (QED) is 0.815. The molecule has 80 valence electrons. The number of rotatable bonds is 5. The van der Waals surface area contributed by atoms with Crippen molar-refractivity contribution in [3.63, 3.8) is 0 Å². The van der Waals surface area contributed by atoms with Crippen molar-refractivity contribution in [1.29, 1.82) is 0 Å². The Morgan fingerprint density at radius 1 is 1.21 bits per heavy atom. The number of hydrogen-bond donors (Lipinski definition) is 1. The van der Waals surface area contributed by atoms with E-state index in [0.29, 0.717) is 12.0 Å². The number of nitrogens with one attached hydrogen (secondary N) is 1. The van der Waals surface area contributed by atoms with E-state index in [1.54, 1.807) is 11.3 Å². The molecule has 3 nitrogen and oxygen atoms in total. The first-order valence-electron chi connectivity index (χ1n) is 5.27. The van der Waals surface area contributed by atoms with Gasteiger partial charge in [0.15, 0.2) is 0 Å². The summed E-state index contributed by atoms with van der Waals surface area (Å²) in [6.07, 6.45) is 2.26. The van der Waals surface area contributed by atoms with Crippen LogP contribution in [0.25, 0.3) is 0 Å². The fourth-order valence-electron chi connectivity index (χ4n) is 1.19. The van der Waals surface area contributed by atoms with E-state index >= 15 is 0 Å². The van der Waals surface area contributed by atoms with Crippen molar-refractivity contribution in [1.82, 2.24) is 10.2 Å². The Morgan fingerprint density at radius 3 is 2.29 bits per heavy atom. The summed E-state index contributed by atoms with van der Waals surface area (Å²) in [6, 6.07) is 0.531. The molecule has 0 aliphatic carbocycles. The summed E-state index contributed by atoms with van der Waals surface area (Å²) < 4.78 is 0. The number of nitrogens with zero attached hydrogens (tertiary/aromatic N) is 2. The minimum absolute atomic E-state index is 0.477. The molecule has 1 aromatic rings. The summed E-state index contributed by atoms with van der Waals surface area (Å²) in [5, 5.41) is 13.7. The lowest BCUT2D eigenvalue weighted by Gasteiger charge is -2.12. The predicted molar refractivity (Wildman–Crippen MR) is 62.0 cm³/mol. The molecule has 0 atom stereocenters. The first-order chi connectivity index (χ1) is 6.67. The summed E-state index contributed by atoms with van der Waals surface area (Å²) in [7, 11) is 0. The monoisotopic (exact) mass is 213 g/mol. The Bertz CT molecular complexity index is 266. The predicted octanol–water partition coefficient (Wildman–Crippen LogP) is 3.26. The zero-order valence-corrected chi connectivity index (χ0v) is 10.2. The summed E-state index contributed by atoms with van der Waals surface area (Å²) >= 11 is 1.67. The zero-order valence-electron chi connectivity index (χ0n) is 9.37. The molecular weight excluding hydrogens is 194 g/mol. The van der Waals surface area contributed by atoms with Gasteiger partial charge in [-0.25, -0.2) is 0 Å². The van der Waals surface area contributed by atoms with Crippen molar-refractivity contribution in [3.05, 3.63) is 5.01 Å². The molecule has 0 amide bonds. The highest BCUT2D eigenvalue weighted by Gasteiger charge is 2.09. The molecule has 0 bridgehead atoms. The first kappa shape index (κ1) is 11.4. The fraction of sp³-hybridized carbons (Fsp3) is 0.800. The van der Waals surface area contributed by atoms with Crippen LogP contribution in [0.15, 0.2) is 0 Å². The molecule has 4 heteroatoms. The molecule has 1 N–H and O–H groups in total. The third kappa shape index (κ3) is 2.94. The number of hydrogen-bond acceptors (Lipinski definition) is 4. The normalized spacial score (nSPS) is 11.3. The van der Waals surface area contributed by atoms with Gasteiger partial charge in [0, 0.05) is 12.0 Å². The molecular formula is C10H19N3S. The van der Waals surface area contributed by atoms with Gasteiger partial charge in [-0.1, -0.05) is 39.0 Å². The van der Waals surface area contributed by atoms with Gasteiger partial charge in [0.1, 0.15) is 5.01 Å². The lowest BCUT2D eigenvalue weighted by molar-refractivity contribution is 0.669. The topological polar surface area (TPSA) is 37.8 Å². The van der Waals surface area contributed by atoms with Crippen LogP contribution in [0.5, 0.6) is 0 Å². The highest BCUT2D eigenvalue weighted by Crippen LogP contribution is 2.23. The molecule has 0 saturated carbocycles. The minimum atomic E-state index is 0.477. The molecule has 0 saturated heterocycles. The maximum Gasteiger partial charge on any atom is 0.205 e. The van der Waals surface area contributed by atoms with Gasteiger partial charge in [0.2, 0.25) is 5.13 Å². The first-order valence-corrected chi connectivity index (χ1v) is 6.08. The van der Waals surface area contributed by atoms with Crippen LogP contribution in [0.2, 0.25) is 0 Å². The van der Waals surface area contributed by atoms with E-state index < -0.39 is 0 Å². The Labute approximate surface area is 89.9 Å². The van der Waals surface area contributed by atoms with Gasteiger partial charge in [-0.2, -0.15) is 0 Å². The van der Waals surface area contributed by atoms with Crippen LogP contribution < -0.4 is 5.32 Å². The van der Waals surface area contributed by atoms with Crippen LogP contribution in [0.3, 0.4) is 0 Å². The average molecular weight is 213 g/mol. The fourth-order valence-corrected chi connectivity index (χ4v) is 2.02. The van der Waals surface area contributed by atoms with Gasteiger partial charge in [0.05, 0.1) is 0 Å². The molecule has 0 spiro atoms. The van der Waals surface area contributed by atoms with E-state index in [-0.39, 0.29) is 0 Å². The second kappa shape index (κ2) is 5.29. The van der Waals surface area contributed by atoms with Crippen molar-refractivity contribution in [3.8, 4) is 0 Å². The van der Waals surface area contributed by atoms with E-state index in [4.69, 9.17) is 0 Å². The second-order valence-electron chi connectivity index (χ2n) is 3.76. The van der Waals surface area contributed by atoms with Crippen LogP contribution in [-0.2, 0) is 0 Å². The highest BCUT2D eigenvalue weighted by molar-refractivity contribution is 7.15. The minimum Gasteiger partial charge on any atom is -0.357 e. The van der Waals surface area contributed by atoms with E-state index in [0.717, 1.165) is 23.0 Å². The van der Waals surface area contributed by atoms with Crippen LogP contribution in [-0.4, -0.2) is 16.2 Å². The van der Waals surface area contributed by atoms with Crippen molar-refractivity contribution in [2.45, 2.75) is 52.5 Å². The molecule has 0 aliphatic heterocycles. The van der Waals surface area contributed by atoms with Gasteiger partial charge in [-0.3, -0.25) is 0 Å². The lowest BCUT2D eigenvalue weighted by atomic mass is 10.2. The summed E-state index contributed by atoms with van der Waals surface area (Å²) in [4.78, 5) is 0. The SMILES string of the molecule is CCC(CC)Nc1nnc(C(C)C)s1. The van der Waals surface area contributed by atoms with Gasteiger partial charge in [-0.05, 0) is 12.8 Å². The Balaban J connectivity index is 2.58. The largest absolute Gasteiger partial charge is 0.357 e. The van der Waals surface area contributed by atoms with E-state index in [1.807, 2.05) is 0 Å². The summed E-state index contributed by atoms with van der Waals surface area (Å²) in [5.74, 6) is 0.477. The maximum absolute atomic E-state index is 4.14. The second-order valence-corrected chi connectivity index (χ2v) is 4.77. The van der Waals surface area contributed by atoms with Crippen LogP contribution in [0, 0.1) is 0 Å². The molecule has 14 heavy (non-hydrogen) atoms. The van der Waals surface area contributed by atoms with Gasteiger partial charge < -0.3 is 5.32 Å². The Kier molecular flexibility index (Phi) is 4.32. The van der Waals surface area contributed by atoms with Crippen LogP contribution in [0.4, 0.5) is 5.13 Å². The van der Waals surface area contributed by atoms with Crippen molar-refractivity contribution < 1.29 is 0 Å². The summed E-state index contributed by atoms with van der Waals surface area (Å²) in [6.45, 7) is 8.65. The molecule has 1 heterocycles. The smallest absolute Gasteiger partial charge is 0.205 e. The zero-order chi connectivity index (χ0) is 10.6. The third-order valence-corrected chi connectivity index (χ3v) is 3.40. The number of aromatic nitrogens is 2. The highest BCUT2D eigenvalue weighted by atomic mass is 32.1.